The van der Waals surface area contributed by atoms with Gasteiger partial charge in [0.05, 0.1) is 20.5 Å². The molecule has 3 rings (SSSR count). The maximum Gasteiger partial charge on any atom is 0.246 e. The molecule has 12 heteroatoms. The van der Waals surface area contributed by atoms with Crippen LogP contribution >= 0.6 is 0 Å². The molecule has 0 aliphatic heterocycles. The number of anilines is 1. The Morgan fingerprint density at radius 2 is 1.69 bits per heavy atom. The van der Waals surface area contributed by atoms with Gasteiger partial charge in [-0.2, -0.15) is 5.10 Å². The van der Waals surface area contributed by atoms with Gasteiger partial charge in [0.25, 0.3) is 0 Å². The van der Waals surface area contributed by atoms with E-state index < -0.39 is 18.1 Å². The van der Waals surface area contributed by atoms with Crippen molar-refractivity contribution in [3.8, 4) is 28.7 Å². The Kier molecular flexibility index (Phi) is 6.65. The molecule has 174 valence electrons. The minimum Gasteiger partial charge on any atom is -0.494 e. The number of benzene rings is 1. The second-order valence-corrected chi connectivity index (χ2v) is 16.2. The summed E-state index contributed by atoms with van der Waals surface area (Å²) in [6, 6.07) is 7.90. The van der Waals surface area contributed by atoms with Crippen molar-refractivity contribution in [2.24, 2.45) is 7.05 Å². The Balaban J connectivity index is 2.33. The van der Waals surface area contributed by atoms with Crippen LogP contribution in [0.2, 0.25) is 25.7 Å². The van der Waals surface area contributed by atoms with Gasteiger partial charge in [-0.1, -0.05) is 25.7 Å². The van der Waals surface area contributed by atoms with Crippen LogP contribution in [-0.2, 0) is 17.1 Å². The van der Waals surface area contributed by atoms with Gasteiger partial charge in [0.2, 0.25) is 16.0 Å². The van der Waals surface area contributed by atoms with E-state index in [1.807, 2.05) is 0 Å². The molecule has 10 nitrogen and oxygen atoms in total. The van der Waals surface area contributed by atoms with Gasteiger partial charge >= 0.3 is 0 Å². The molecule has 0 spiro atoms. The summed E-state index contributed by atoms with van der Waals surface area (Å²) < 4.78 is 41.5. The van der Waals surface area contributed by atoms with Crippen LogP contribution in [0.5, 0.6) is 11.5 Å². The van der Waals surface area contributed by atoms with E-state index in [1.54, 1.807) is 61.0 Å². The van der Waals surface area contributed by atoms with E-state index >= 15 is 0 Å². The van der Waals surface area contributed by atoms with Crippen molar-refractivity contribution >= 4 is 24.0 Å². The summed E-state index contributed by atoms with van der Waals surface area (Å²) in [5, 5.41) is 13.1. The summed E-state index contributed by atoms with van der Waals surface area (Å²) in [6.45, 7) is 6.88. The first-order chi connectivity index (χ1) is 15.0. The lowest BCUT2D eigenvalue weighted by Gasteiger charge is -2.26. The average molecular weight is 479 g/mol. The smallest absolute Gasteiger partial charge is 0.246 e. The van der Waals surface area contributed by atoms with E-state index in [1.165, 1.54) is 10.6 Å². The molecule has 0 N–H and O–H groups in total. The molecule has 3 aromatic rings. The molecule has 0 bridgehead atoms. The maximum absolute atomic E-state index is 12.9. The van der Waals surface area contributed by atoms with Crippen molar-refractivity contribution in [2.45, 2.75) is 25.7 Å². The Bertz CT molecular complexity index is 1180. The number of aryl methyl sites for hydroxylation is 1. The van der Waals surface area contributed by atoms with Crippen LogP contribution in [0, 0.1) is 0 Å². The number of ether oxygens (including phenoxy) is 2. The number of para-hydroxylation sites is 1. The lowest BCUT2D eigenvalue weighted by molar-refractivity contribution is 0.391. The molecule has 0 aliphatic carbocycles. The molecule has 0 saturated heterocycles. The lowest BCUT2D eigenvalue weighted by atomic mass is 10.2. The SMILES string of the molecule is COc1cccc(OC)c1-n1c(-c2ccn(C)n2)nnc1N(CC[Si](C)(C)C)S(C)(=O)=O. The first-order valence-electron chi connectivity index (χ1n) is 10.1. The van der Waals surface area contributed by atoms with Gasteiger partial charge in [0, 0.05) is 27.9 Å². The van der Waals surface area contributed by atoms with Gasteiger partial charge in [0.15, 0.2) is 5.82 Å². The summed E-state index contributed by atoms with van der Waals surface area (Å²) in [5.74, 6) is 1.52. The highest BCUT2D eigenvalue weighted by atomic mass is 32.2. The zero-order chi connectivity index (χ0) is 23.7. The summed E-state index contributed by atoms with van der Waals surface area (Å²) in [6.07, 6.45) is 2.96. The minimum absolute atomic E-state index is 0.161. The molecular formula is C20H30N6O4SSi. The number of hydrogen-bond acceptors (Lipinski definition) is 7. The van der Waals surface area contributed by atoms with E-state index in [0.717, 1.165) is 6.04 Å². The first kappa shape index (κ1) is 23.8. The van der Waals surface area contributed by atoms with Crippen LogP contribution < -0.4 is 13.8 Å². The Labute approximate surface area is 189 Å². The van der Waals surface area contributed by atoms with Gasteiger partial charge in [-0.3, -0.25) is 9.25 Å². The second kappa shape index (κ2) is 8.94. The Morgan fingerprint density at radius 1 is 1.06 bits per heavy atom. The van der Waals surface area contributed by atoms with E-state index in [4.69, 9.17) is 9.47 Å². The number of rotatable bonds is 9. The van der Waals surface area contributed by atoms with Crippen LogP contribution in [0.4, 0.5) is 5.95 Å². The van der Waals surface area contributed by atoms with E-state index in [0.29, 0.717) is 35.2 Å². The van der Waals surface area contributed by atoms with Crippen LogP contribution in [0.25, 0.3) is 17.2 Å². The molecule has 2 heterocycles. The predicted octanol–water partition coefficient (Wildman–Crippen LogP) is 2.79. The van der Waals surface area contributed by atoms with Crippen molar-refractivity contribution in [3.63, 3.8) is 0 Å². The molecule has 0 radical (unpaired) electrons. The predicted molar refractivity (Wildman–Crippen MR) is 127 cm³/mol. The molecule has 0 fully saturated rings. The third-order valence-corrected chi connectivity index (χ3v) is 7.77. The van der Waals surface area contributed by atoms with Crippen molar-refractivity contribution < 1.29 is 17.9 Å². The van der Waals surface area contributed by atoms with Gasteiger partial charge in [-0.05, 0) is 24.2 Å². The van der Waals surface area contributed by atoms with E-state index in [-0.39, 0.29) is 5.95 Å². The quantitative estimate of drug-likeness (QED) is 0.436. The fraction of sp³-hybridized carbons (Fsp3) is 0.450. The van der Waals surface area contributed by atoms with Gasteiger partial charge < -0.3 is 9.47 Å². The highest BCUT2D eigenvalue weighted by Gasteiger charge is 2.31. The monoisotopic (exact) mass is 478 g/mol. The molecule has 0 aliphatic rings. The summed E-state index contributed by atoms with van der Waals surface area (Å²) in [4.78, 5) is 0. The molecular weight excluding hydrogens is 448 g/mol. The highest BCUT2D eigenvalue weighted by Crippen LogP contribution is 2.38. The molecule has 1 aromatic carbocycles. The number of hydrogen-bond donors (Lipinski definition) is 0. The zero-order valence-corrected chi connectivity index (χ0v) is 21.3. The van der Waals surface area contributed by atoms with Crippen LogP contribution in [0.3, 0.4) is 0 Å². The number of aromatic nitrogens is 5. The van der Waals surface area contributed by atoms with Gasteiger partial charge in [0.1, 0.15) is 22.9 Å². The average Bonchev–Trinajstić information content (AvgIpc) is 3.31. The lowest BCUT2D eigenvalue weighted by Crippen LogP contribution is -2.37. The Hall–Kier alpha value is -2.86. The third kappa shape index (κ3) is 4.96. The van der Waals surface area contributed by atoms with Crippen LogP contribution in [0.15, 0.2) is 30.5 Å². The van der Waals surface area contributed by atoms with Crippen molar-refractivity contribution in [1.82, 2.24) is 24.5 Å². The van der Waals surface area contributed by atoms with Crippen molar-refractivity contribution in [1.29, 1.82) is 0 Å². The van der Waals surface area contributed by atoms with E-state index in [2.05, 4.69) is 34.9 Å². The fourth-order valence-corrected chi connectivity index (χ4v) is 5.14. The molecule has 2 aromatic heterocycles. The maximum atomic E-state index is 12.9. The van der Waals surface area contributed by atoms with Gasteiger partial charge in [-0.15, -0.1) is 10.2 Å². The number of sulfonamides is 1. The molecule has 0 atom stereocenters. The standard InChI is InChI=1S/C20H30N6O4SSi/c1-24-12-11-15(23-24)19-21-22-20(25(31(4,27)28)13-14-32(5,6)7)26(19)18-16(29-2)9-8-10-17(18)30-3/h8-12H,13-14H2,1-7H3. The molecule has 0 unspecified atom stereocenters. The Morgan fingerprint density at radius 3 is 2.16 bits per heavy atom. The summed E-state index contributed by atoms with van der Waals surface area (Å²) in [7, 11) is -0.310. The normalized spacial score (nSPS) is 12.1. The van der Waals surface area contributed by atoms with Crippen molar-refractivity contribution in [3.05, 3.63) is 30.5 Å². The third-order valence-electron chi connectivity index (χ3n) is 4.90. The summed E-state index contributed by atoms with van der Waals surface area (Å²) >= 11 is 0. The van der Waals surface area contributed by atoms with E-state index in [9.17, 15) is 8.42 Å². The first-order valence-corrected chi connectivity index (χ1v) is 15.7. The van der Waals surface area contributed by atoms with Crippen LogP contribution in [-0.4, -0.2) is 68.1 Å². The highest BCUT2D eigenvalue weighted by molar-refractivity contribution is 7.92. The summed E-state index contributed by atoms with van der Waals surface area (Å²) in [5.41, 5.74) is 1.04. The molecule has 32 heavy (non-hydrogen) atoms. The number of nitrogens with zero attached hydrogens (tertiary/aromatic N) is 6. The fourth-order valence-electron chi connectivity index (χ4n) is 3.25. The number of methoxy groups -OCH3 is 2. The molecule has 0 amide bonds. The zero-order valence-electron chi connectivity index (χ0n) is 19.5. The van der Waals surface area contributed by atoms with Crippen molar-refractivity contribution in [2.75, 3.05) is 31.3 Å². The van der Waals surface area contributed by atoms with Gasteiger partial charge in [-0.25, -0.2) is 12.7 Å². The topological polar surface area (TPSA) is 104 Å². The second-order valence-electron chi connectivity index (χ2n) is 8.69. The van der Waals surface area contributed by atoms with Crippen LogP contribution in [0.1, 0.15) is 0 Å². The molecule has 0 saturated carbocycles. The largest absolute Gasteiger partial charge is 0.494 e. The minimum atomic E-state index is -3.65.